The monoisotopic (exact) mass is 627 g/mol. The summed E-state index contributed by atoms with van der Waals surface area (Å²) in [6.07, 6.45) is -5.84. The van der Waals surface area contributed by atoms with Crippen molar-refractivity contribution in [2.75, 3.05) is 33.9 Å². The zero-order valence-electron chi connectivity index (χ0n) is 24.3. The Kier molecular flexibility index (Phi) is 10.7. The van der Waals surface area contributed by atoms with Gasteiger partial charge in [-0.05, 0) is 81.9 Å². The molecule has 0 spiro atoms. The van der Waals surface area contributed by atoms with Gasteiger partial charge in [-0.1, -0.05) is 11.6 Å². The normalized spacial score (nSPS) is 14.1. The van der Waals surface area contributed by atoms with Gasteiger partial charge in [0.1, 0.15) is 17.8 Å². The maximum atomic E-state index is 14.9. The Morgan fingerprint density at radius 1 is 1.09 bits per heavy atom. The maximum absolute atomic E-state index is 14.9. The van der Waals surface area contributed by atoms with Crippen LogP contribution in [-0.4, -0.2) is 67.3 Å². The van der Waals surface area contributed by atoms with E-state index >= 15 is 0 Å². The average Bonchev–Trinajstić information content (AvgIpc) is 2.96. The summed E-state index contributed by atoms with van der Waals surface area (Å²) in [5, 5.41) is 24.8. The SMILES string of the molecule is CNC(C)(C)c1cc(-c2ccc(F)c(Cl)c2)nc(C(CO)(CNC(=O)c2ccc(OC[C@@H](C)O)c(OC)c2)C(F)(F)F)c1. The number of hydrogen-bond donors (Lipinski definition) is 4. The lowest BCUT2D eigenvalue weighted by molar-refractivity contribution is -0.200. The Bertz CT molecular complexity index is 1450. The highest BCUT2D eigenvalue weighted by atomic mass is 35.5. The van der Waals surface area contributed by atoms with Crippen molar-refractivity contribution in [2.45, 2.75) is 44.0 Å². The highest BCUT2D eigenvalue weighted by molar-refractivity contribution is 6.31. The van der Waals surface area contributed by atoms with Crippen LogP contribution in [0.15, 0.2) is 48.5 Å². The molecule has 1 unspecified atom stereocenters. The molecule has 3 rings (SSSR count). The molecule has 43 heavy (non-hydrogen) atoms. The van der Waals surface area contributed by atoms with Gasteiger partial charge in [0.2, 0.25) is 0 Å². The van der Waals surface area contributed by atoms with Crippen molar-refractivity contribution in [1.82, 2.24) is 15.6 Å². The molecule has 0 fully saturated rings. The van der Waals surface area contributed by atoms with E-state index in [1.54, 1.807) is 27.0 Å². The van der Waals surface area contributed by atoms with Gasteiger partial charge in [-0.2, -0.15) is 13.2 Å². The lowest BCUT2D eigenvalue weighted by atomic mass is 9.81. The van der Waals surface area contributed by atoms with Crippen molar-refractivity contribution in [2.24, 2.45) is 0 Å². The minimum atomic E-state index is -5.07. The van der Waals surface area contributed by atoms with E-state index in [1.165, 1.54) is 50.4 Å². The minimum Gasteiger partial charge on any atom is -0.493 e. The summed E-state index contributed by atoms with van der Waals surface area (Å²) in [5.74, 6) is -1.23. The fourth-order valence-electron chi connectivity index (χ4n) is 4.12. The first-order chi connectivity index (χ1) is 20.1. The van der Waals surface area contributed by atoms with E-state index in [-0.39, 0.29) is 39.9 Å². The van der Waals surface area contributed by atoms with E-state index in [4.69, 9.17) is 21.1 Å². The molecule has 0 aliphatic rings. The number of rotatable bonds is 12. The van der Waals surface area contributed by atoms with Gasteiger partial charge in [-0.25, -0.2) is 4.39 Å². The van der Waals surface area contributed by atoms with Gasteiger partial charge in [0.25, 0.3) is 5.91 Å². The van der Waals surface area contributed by atoms with Gasteiger partial charge in [-0.3, -0.25) is 9.78 Å². The molecule has 4 N–H and O–H groups in total. The quantitative estimate of drug-likeness (QED) is 0.209. The average molecular weight is 628 g/mol. The van der Waals surface area contributed by atoms with Gasteiger partial charge < -0.3 is 30.3 Å². The molecule has 0 bridgehead atoms. The molecule has 0 saturated heterocycles. The van der Waals surface area contributed by atoms with Gasteiger partial charge in [0, 0.05) is 23.2 Å². The first-order valence-corrected chi connectivity index (χ1v) is 13.6. The van der Waals surface area contributed by atoms with Crippen LogP contribution in [0.4, 0.5) is 17.6 Å². The molecule has 1 amide bonds. The van der Waals surface area contributed by atoms with Crippen LogP contribution in [0.5, 0.6) is 11.5 Å². The molecular formula is C30H34ClF4N3O5. The van der Waals surface area contributed by atoms with Crippen LogP contribution >= 0.6 is 11.6 Å². The first kappa shape index (κ1) is 34.0. The zero-order valence-corrected chi connectivity index (χ0v) is 25.0. The van der Waals surface area contributed by atoms with Crippen LogP contribution in [0.25, 0.3) is 11.3 Å². The highest BCUT2D eigenvalue weighted by Crippen LogP contribution is 2.42. The van der Waals surface area contributed by atoms with Crippen LogP contribution in [0, 0.1) is 5.82 Å². The van der Waals surface area contributed by atoms with Crippen molar-refractivity contribution >= 4 is 17.5 Å². The van der Waals surface area contributed by atoms with E-state index in [9.17, 15) is 32.6 Å². The van der Waals surface area contributed by atoms with Crippen molar-refractivity contribution in [3.05, 3.63) is 76.2 Å². The summed E-state index contributed by atoms with van der Waals surface area (Å²) in [6, 6.07) is 10.4. The maximum Gasteiger partial charge on any atom is 0.403 e. The number of nitrogens with one attached hydrogen (secondary N) is 2. The predicted octanol–water partition coefficient (Wildman–Crippen LogP) is 4.99. The number of benzene rings is 2. The minimum absolute atomic E-state index is 0.0325. The number of alkyl halides is 3. The zero-order chi connectivity index (χ0) is 32.2. The fraction of sp³-hybridized carbons (Fsp3) is 0.400. The number of methoxy groups -OCH3 is 1. The molecule has 1 aromatic heterocycles. The van der Waals surface area contributed by atoms with Crippen LogP contribution in [-0.2, 0) is 11.0 Å². The van der Waals surface area contributed by atoms with E-state index in [0.29, 0.717) is 5.56 Å². The van der Waals surface area contributed by atoms with Crippen LogP contribution < -0.4 is 20.1 Å². The summed E-state index contributed by atoms with van der Waals surface area (Å²) in [6.45, 7) is 2.46. The van der Waals surface area contributed by atoms with Gasteiger partial charge in [-0.15, -0.1) is 0 Å². The van der Waals surface area contributed by atoms with Gasteiger partial charge in [0.15, 0.2) is 11.5 Å². The summed E-state index contributed by atoms with van der Waals surface area (Å²) in [7, 11) is 2.96. The van der Waals surface area contributed by atoms with E-state index in [2.05, 4.69) is 15.6 Å². The number of aliphatic hydroxyl groups is 2. The van der Waals surface area contributed by atoms with E-state index < -0.39 is 53.8 Å². The Morgan fingerprint density at radius 3 is 2.35 bits per heavy atom. The van der Waals surface area contributed by atoms with E-state index in [0.717, 1.165) is 6.07 Å². The molecule has 13 heteroatoms. The third kappa shape index (κ3) is 7.56. The summed E-state index contributed by atoms with van der Waals surface area (Å²) >= 11 is 5.95. The number of aromatic nitrogens is 1. The van der Waals surface area contributed by atoms with Crippen LogP contribution in [0.3, 0.4) is 0 Å². The molecule has 0 saturated carbocycles. The number of halogens is 5. The molecule has 0 aliphatic heterocycles. The summed E-state index contributed by atoms with van der Waals surface area (Å²) in [4.78, 5) is 17.3. The van der Waals surface area contributed by atoms with Crippen molar-refractivity contribution < 1.29 is 42.0 Å². The number of aliphatic hydroxyl groups excluding tert-OH is 2. The highest BCUT2D eigenvalue weighted by Gasteiger charge is 2.57. The Hall–Kier alpha value is -3.45. The molecule has 234 valence electrons. The topological polar surface area (TPSA) is 113 Å². The number of hydrogen-bond acceptors (Lipinski definition) is 7. The van der Waals surface area contributed by atoms with Crippen LogP contribution in [0.2, 0.25) is 5.02 Å². The Balaban J connectivity index is 2.08. The number of carbonyl (C=O) groups is 1. The van der Waals surface area contributed by atoms with Crippen molar-refractivity contribution in [3.63, 3.8) is 0 Å². The summed E-state index contributed by atoms with van der Waals surface area (Å²) in [5.41, 5.74) is -3.76. The molecule has 2 atom stereocenters. The Morgan fingerprint density at radius 2 is 1.79 bits per heavy atom. The standard InChI is InChI=1S/C30H34ClF4N3O5/c1-17(40)14-43-24-9-7-19(11-25(24)42-5)27(41)37-15-29(16-39,30(33,34)35)26-13-20(28(2,3)36-4)12-23(38-26)18-6-8-22(32)21(31)10-18/h6-13,17,36,39-40H,14-16H2,1-5H3,(H,37,41)/t17-,29?/m1/s1. The molecule has 8 nitrogen and oxygen atoms in total. The predicted molar refractivity (Wildman–Crippen MR) is 154 cm³/mol. The third-order valence-corrected chi connectivity index (χ3v) is 7.44. The molecule has 3 aromatic rings. The third-order valence-electron chi connectivity index (χ3n) is 7.15. The fourth-order valence-corrected chi connectivity index (χ4v) is 4.30. The number of pyridine rings is 1. The second-order valence-corrected chi connectivity index (χ2v) is 11.0. The molecule has 0 aliphatic carbocycles. The van der Waals surface area contributed by atoms with E-state index in [1.807, 2.05) is 0 Å². The molecule has 0 radical (unpaired) electrons. The number of ether oxygens (including phenoxy) is 2. The number of nitrogens with zero attached hydrogens (tertiary/aromatic N) is 1. The number of carbonyl (C=O) groups excluding carboxylic acids is 1. The molecular weight excluding hydrogens is 594 g/mol. The molecule has 2 aromatic carbocycles. The number of amides is 1. The summed E-state index contributed by atoms with van der Waals surface area (Å²) < 4.78 is 69.2. The smallest absolute Gasteiger partial charge is 0.403 e. The van der Waals surface area contributed by atoms with Crippen molar-refractivity contribution in [3.8, 4) is 22.8 Å². The van der Waals surface area contributed by atoms with Gasteiger partial charge >= 0.3 is 6.18 Å². The van der Waals surface area contributed by atoms with Crippen molar-refractivity contribution in [1.29, 1.82) is 0 Å². The van der Waals surface area contributed by atoms with Gasteiger partial charge in [0.05, 0.1) is 36.2 Å². The Labute approximate surface area is 252 Å². The second kappa shape index (κ2) is 13.5. The largest absolute Gasteiger partial charge is 0.493 e. The first-order valence-electron chi connectivity index (χ1n) is 13.2. The van der Waals surface area contributed by atoms with Crippen LogP contribution in [0.1, 0.15) is 42.4 Å². The lowest BCUT2D eigenvalue weighted by Crippen LogP contribution is -2.54. The lowest BCUT2D eigenvalue weighted by Gasteiger charge is -2.35. The second-order valence-electron chi connectivity index (χ2n) is 10.6. The molecule has 1 heterocycles.